The van der Waals surface area contributed by atoms with Gasteiger partial charge in [-0.1, -0.05) is 48.0 Å². The van der Waals surface area contributed by atoms with Gasteiger partial charge in [0.25, 0.3) is 0 Å². The summed E-state index contributed by atoms with van der Waals surface area (Å²) >= 11 is 0. The van der Waals surface area contributed by atoms with Gasteiger partial charge in [0.2, 0.25) is 5.88 Å². The van der Waals surface area contributed by atoms with Gasteiger partial charge in [0.1, 0.15) is 0 Å². The number of benzene rings is 2. The molecule has 3 rings (SSSR count). The molecule has 0 spiro atoms. The van der Waals surface area contributed by atoms with Crippen LogP contribution in [-0.2, 0) is 20.1 Å². The fourth-order valence-electron chi connectivity index (χ4n) is 2.97. The molecule has 1 aromatic heterocycles. The van der Waals surface area contributed by atoms with E-state index >= 15 is 0 Å². The number of hydrogen-bond donors (Lipinski definition) is 2. The first-order chi connectivity index (χ1) is 13.6. The number of nitrogens with one attached hydrogen (secondary N) is 2. The lowest BCUT2D eigenvalue weighted by Crippen LogP contribution is -2.30. The second-order valence-electron chi connectivity index (χ2n) is 6.69. The van der Waals surface area contributed by atoms with E-state index < -0.39 is 0 Å². The van der Waals surface area contributed by atoms with Crippen LogP contribution in [0, 0.1) is 13.8 Å². The van der Waals surface area contributed by atoms with Crippen molar-refractivity contribution in [3.63, 3.8) is 0 Å². The zero-order chi connectivity index (χ0) is 19.9. The largest absolute Gasteiger partial charge is 0.481 e. The molecule has 7 heteroatoms. The Morgan fingerprint density at radius 3 is 2.41 bits per heavy atom. The predicted molar refractivity (Wildman–Crippen MR) is 129 cm³/mol. The third-order valence-electron chi connectivity index (χ3n) is 4.49. The van der Waals surface area contributed by atoms with Crippen molar-refractivity contribution < 1.29 is 4.74 Å². The molecule has 1 heterocycles. The van der Waals surface area contributed by atoms with Crippen LogP contribution in [-0.4, -0.2) is 22.8 Å². The second-order valence-corrected chi connectivity index (χ2v) is 6.69. The van der Waals surface area contributed by atoms with Crippen LogP contribution in [0.1, 0.15) is 22.4 Å². The number of guanidine groups is 1. The Kier molecular flexibility index (Phi) is 8.50. The standard InChI is InChI=1S/C22H27N5O.HI/c1-16-10-12-18(13-11-16)14-23-22(25-19-8-6-5-7-9-19)24-15-20-17(2)26-27(3)21(20)28-4;/h5-13H,14-15H2,1-4H3,(H2,23,24,25);1H. The van der Waals surface area contributed by atoms with Crippen molar-refractivity contribution in [2.24, 2.45) is 12.0 Å². The Labute approximate surface area is 189 Å². The molecule has 0 fully saturated rings. The first-order valence-electron chi connectivity index (χ1n) is 9.29. The predicted octanol–water partition coefficient (Wildman–Crippen LogP) is 4.42. The Balaban J connectivity index is 0.00000300. The fraction of sp³-hybridized carbons (Fsp3) is 0.273. The number of nitrogens with zero attached hydrogens (tertiary/aromatic N) is 3. The lowest BCUT2D eigenvalue weighted by molar-refractivity contribution is 0.369. The number of methoxy groups -OCH3 is 1. The second kappa shape index (κ2) is 10.8. The summed E-state index contributed by atoms with van der Waals surface area (Å²) in [6.07, 6.45) is 0. The summed E-state index contributed by atoms with van der Waals surface area (Å²) in [5, 5.41) is 11.2. The highest BCUT2D eigenvalue weighted by molar-refractivity contribution is 14.0. The highest BCUT2D eigenvalue weighted by Crippen LogP contribution is 2.20. The number of aromatic nitrogens is 2. The van der Waals surface area contributed by atoms with Crippen molar-refractivity contribution in [3.8, 4) is 5.88 Å². The molecule has 0 atom stereocenters. The molecule has 0 unspecified atom stereocenters. The Morgan fingerprint density at radius 2 is 1.76 bits per heavy atom. The summed E-state index contributed by atoms with van der Waals surface area (Å²) in [5.41, 5.74) is 5.34. The Hall–Kier alpha value is -2.55. The molecule has 6 nitrogen and oxygen atoms in total. The zero-order valence-corrected chi connectivity index (χ0v) is 19.6. The molecular formula is C22H28IN5O. The molecule has 0 aliphatic heterocycles. The summed E-state index contributed by atoms with van der Waals surface area (Å²) in [5.74, 6) is 1.46. The molecule has 0 bridgehead atoms. The minimum Gasteiger partial charge on any atom is -0.481 e. The maximum atomic E-state index is 5.49. The normalized spacial score (nSPS) is 11.0. The summed E-state index contributed by atoms with van der Waals surface area (Å²) in [7, 11) is 3.54. The number of para-hydroxylation sites is 1. The van der Waals surface area contributed by atoms with E-state index in [1.165, 1.54) is 5.56 Å². The maximum Gasteiger partial charge on any atom is 0.216 e. The van der Waals surface area contributed by atoms with Gasteiger partial charge in [0, 0.05) is 12.7 Å². The molecule has 29 heavy (non-hydrogen) atoms. The van der Waals surface area contributed by atoms with Gasteiger partial charge in [0.15, 0.2) is 5.96 Å². The smallest absolute Gasteiger partial charge is 0.216 e. The van der Waals surface area contributed by atoms with Crippen LogP contribution < -0.4 is 15.4 Å². The molecule has 0 amide bonds. The number of hydrogen-bond acceptors (Lipinski definition) is 3. The Morgan fingerprint density at radius 1 is 1.07 bits per heavy atom. The van der Waals surface area contributed by atoms with Crippen molar-refractivity contribution in [2.45, 2.75) is 26.9 Å². The molecule has 0 radical (unpaired) electrons. The number of aliphatic imine (C=N–C) groups is 1. The van der Waals surface area contributed by atoms with Crippen molar-refractivity contribution in [3.05, 3.63) is 77.0 Å². The number of halogens is 1. The van der Waals surface area contributed by atoms with Crippen molar-refractivity contribution in [1.82, 2.24) is 15.1 Å². The first kappa shape index (κ1) is 22.7. The van der Waals surface area contributed by atoms with Gasteiger partial charge in [-0.3, -0.25) is 0 Å². The van der Waals surface area contributed by atoms with E-state index in [4.69, 9.17) is 9.73 Å². The van der Waals surface area contributed by atoms with Crippen LogP contribution in [0.3, 0.4) is 0 Å². The molecular weight excluding hydrogens is 477 g/mol. The van der Waals surface area contributed by atoms with Crippen LogP contribution in [0.5, 0.6) is 5.88 Å². The molecule has 2 aromatic carbocycles. The van der Waals surface area contributed by atoms with E-state index in [1.807, 2.05) is 44.3 Å². The fourth-order valence-corrected chi connectivity index (χ4v) is 2.97. The van der Waals surface area contributed by atoms with Crippen LogP contribution >= 0.6 is 24.0 Å². The lowest BCUT2D eigenvalue weighted by Gasteiger charge is -2.13. The van der Waals surface area contributed by atoms with E-state index in [1.54, 1.807) is 11.8 Å². The van der Waals surface area contributed by atoms with E-state index in [0.29, 0.717) is 19.0 Å². The highest BCUT2D eigenvalue weighted by atomic mass is 127. The van der Waals surface area contributed by atoms with Gasteiger partial charge in [-0.05, 0) is 31.5 Å². The summed E-state index contributed by atoms with van der Waals surface area (Å²) < 4.78 is 7.24. The quantitative estimate of drug-likeness (QED) is 0.296. The molecule has 154 valence electrons. The van der Waals surface area contributed by atoms with Crippen molar-refractivity contribution >= 4 is 35.6 Å². The van der Waals surface area contributed by atoms with E-state index in [9.17, 15) is 0 Å². The third-order valence-corrected chi connectivity index (χ3v) is 4.49. The number of aryl methyl sites for hydroxylation is 3. The minimum absolute atomic E-state index is 0. The number of ether oxygens (including phenoxy) is 1. The average molecular weight is 505 g/mol. The van der Waals surface area contributed by atoms with Gasteiger partial charge >= 0.3 is 0 Å². The van der Waals surface area contributed by atoms with E-state index in [2.05, 4.69) is 46.9 Å². The van der Waals surface area contributed by atoms with Crippen molar-refractivity contribution in [2.75, 3.05) is 12.4 Å². The molecule has 0 aliphatic carbocycles. The van der Waals surface area contributed by atoms with Crippen LogP contribution in [0.25, 0.3) is 0 Å². The molecule has 0 aliphatic rings. The van der Waals surface area contributed by atoms with Gasteiger partial charge in [-0.15, -0.1) is 24.0 Å². The lowest BCUT2D eigenvalue weighted by atomic mass is 10.1. The van der Waals surface area contributed by atoms with Crippen molar-refractivity contribution in [1.29, 1.82) is 0 Å². The topological polar surface area (TPSA) is 63.5 Å². The summed E-state index contributed by atoms with van der Waals surface area (Å²) in [6, 6.07) is 18.4. The summed E-state index contributed by atoms with van der Waals surface area (Å²) in [4.78, 5) is 4.75. The maximum absolute atomic E-state index is 5.49. The van der Waals surface area contributed by atoms with E-state index in [-0.39, 0.29) is 24.0 Å². The van der Waals surface area contributed by atoms with Crippen LogP contribution in [0.2, 0.25) is 0 Å². The SMILES string of the molecule is COc1c(CNC(=NCc2ccc(C)cc2)Nc2ccccc2)c(C)nn1C.I. The average Bonchev–Trinajstić information content (AvgIpc) is 2.98. The van der Waals surface area contributed by atoms with Gasteiger partial charge in [-0.25, -0.2) is 9.67 Å². The third kappa shape index (κ3) is 6.22. The molecule has 0 saturated heterocycles. The molecule has 2 N–H and O–H groups in total. The van der Waals surface area contributed by atoms with Crippen LogP contribution in [0.15, 0.2) is 59.6 Å². The number of rotatable bonds is 6. The molecule has 3 aromatic rings. The van der Waals surface area contributed by atoms with Crippen LogP contribution in [0.4, 0.5) is 5.69 Å². The minimum atomic E-state index is 0. The first-order valence-corrected chi connectivity index (χ1v) is 9.29. The van der Waals surface area contributed by atoms with Gasteiger partial charge in [0.05, 0.1) is 31.5 Å². The monoisotopic (exact) mass is 505 g/mol. The number of anilines is 1. The van der Waals surface area contributed by atoms with Gasteiger partial charge in [-0.2, -0.15) is 5.10 Å². The summed E-state index contributed by atoms with van der Waals surface area (Å²) in [6.45, 7) is 5.22. The molecule has 0 saturated carbocycles. The Bertz CT molecular complexity index is 936. The van der Waals surface area contributed by atoms with E-state index in [0.717, 1.165) is 28.4 Å². The highest BCUT2D eigenvalue weighted by Gasteiger charge is 2.14. The zero-order valence-electron chi connectivity index (χ0n) is 17.3. The van der Waals surface area contributed by atoms with Gasteiger partial charge < -0.3 is 15.4 Å².